The Balaban J connectivity index is 2.48. The van der Waals surface area contributed by atoms with Gasteiger partial charge in [-0.3, -0.25) is 4.72 Å². The third-order valence-electron chi connectivity index (χ3n) is 1.57. The van der Waals surface area contributed by atoms with Gasteiger partial charge in [0.25, 0.3) is 0 Å². The molecule has 0 radical (unpaired) electrons. The van der Waals surface area contributed by atoms with Crippen molar-refractivity contribution in [1.29, 1.82) is 0 Å². The molecule has 0 aliphatic carbocycles. The molecule has 2 N–H and O–H groups in total. The molecule has 0 saturated heterocycles. The van der Waals surface area contributed by atoms with E-state index in [1.165, 1.54) is 0 Å². The van der Waals surface area contributed by atoms with Gasteiger partial charge < -0.3 is 0 Å². The molecule has 0 spiro atoms. The van der Waals surface area contributed by atoms with Crippen LogP contribution in [0.2, 0.25) is 0 Å². The molecule has 2 heterocycles. The molecule has 1 aliphatic rings. The van der Waals surface area contributed by atoms with Gasteiger partial charge >= 0.3 is 10.2 Å². The van der Waals surface area contributed by atoms with Gasteiger partial charge in [0, 0.05) is 18.3 Å². The number of anilines is 1. The van der Waals surface area contributed by atoms with Crippen LogP contribution in [-0.2, 0) is 16.8 Å². The average molecular weight is 185 g/mol. The molecule has 0 amide bonds. The molecule has 0 atom stereocenters. The summed E-state index contributed by atoms with van der Waals surface area (Å²) in [5, 5.41) is 0. The molecule has 0 unspecified atom stereocenters. The van der Waals surface area contributed by atoms with Crippen molar-refractivity contribution in [2.75, 3.05) is 4.72 Å². The summed E-state index contributed by atoms with van der Waals surface area (Å²) >= 11 is 0. The zero-order valence-corrected chi connectivity index (χ0v) is 6.93. The predicted molar refractivity (Wildman–Crippen MR) is 43.6 cm³/mol. The Morgan fingerprint density at radius 3 is 3.17 bits per heavy atom. The molecule has 1 aromatic heterocycles. The van der Waals surface area contributed by atoms with Crippen molar-refractivity contribution in [2.24, 2.45) is 0 Å². The van der Waals surface area contributed by atoms with Crippen molar-refractivity contribution < 1.29 is 8.42 Å². The Labute approximate surface area is 70.0 Å². The van der Waals surface area contributed by atoms with Crippen LogP contribution in [0.5, 0.6) is 0 Å². The van der Waals surface area contributed by atoms with E-state index in [4.69, 9.17) is 0 Å². The Hall–Kier alpha value is -1.14. The van der Waals surface area contributed by atoms with Crippen LogP contribution in [0.4, 0.5) is 5.82 Å². The minimum atomic E-state index is -3.36. The van der Waals surface area contributed by atoms with Crippen molar-refractivity contribution in [3.63, 3.8) is 0 Å². The molecular weight excluding hydrogens is 178 g/mol. The maximum Gasteiger partial charge on any atom is 0.300 e. The lowest BCUT2D eigenvalue weighted by Crippen LogP contribution is -2.34. The Morgan fingerprint density at radius 2 is 2.33 bits per heavy atom. The first-order valence-corrected chi connectivity index (χ1v) is 4.87. The normalized spacial score (nSPS) is 19.3. The molecule has 0 saturated carbocycles. The van der Waals surface area contributed by atoms with E-state index in [9.17, 15) is 8.42 Å². The van der Waals surface area contributed by atoms with E-state index in [1.807, 2.05) is 6.07 Å². The van der Waals surface area contributed by atoms with Gasteiger partial charge in [-0.15, -0.1) is 0 Å². The van der Waals surface area contributed by atoms with E-state index in [2.05, 4.69) is 14.4 Å². The SMILES string of the molecule is O=S1(=O)NCc2cccnc2N1. The molecule has 0 aromatic carbocycles. The van der Waals surface area contributed by atoms with E-state index in [1.54, 1.807) is 12.3 Å². The lowest BCUT2D eigenvalue weighted by molar-refractivity contribution is 0.584. The molecule has 1 aromatic rings. The highest BCUT2D eigenvalue weighted by Gasteiger charge is 2.18. The van der Waals surface area contributed by atoms with E-state index < -0.39 is 10.2 Å². The summed E-state index contributed by atoms with van der Waals surface area (Å²) in [4.78, 5) is 3.88. The molecule has 5 nitrogen and oxygen atoms in total. The Morgan fingerprint density at radius 1 is 1.50 bits per heavy atom. The maximum atomic E-state index is 11.0. The molecule has 64 valence electrons. The highest BCUT2D eigenvalue weighted by Crippen LogP contribution is 2.16. The number of pyridine rings is 1. The third kappa shape index (κ3) is 1.26. The second-order valence-corrected chi connectivity index (χ2v) is 3.94. The second kappa shape index (κ2) is 2.43. The van der Waals surface area contributed by atoms with Gasteiger partial charge in [-0.25, -0.2) is 4.98 Å². The van der Waals surface area contributed by atoms with Crippen LogP contribution < -0.4 is 9.44 Å². The molecule has 6 heteroatoms. The highest BCUT2D eigenvalue weighted by atomic mass is 32.2. The second-order valence-electron chi connectivity index (χ2n) is 2.44. The van der Waals surface area contributed by atoms with Crippen molar-refractivity contribution in [3.05, 3.63) is 23.9 Å². The van der Waals surface area contributed by atoms with Crippen molar-refractivity contribution in [2.45, 2.75) is 6.54 Å². The first-order valence-electron chi connectivity index (χ1n) is 3.39. The van der Waals surface area contributed by atoms with Gasteiger partial charge in [0.15, 0.2) is 0 Å². The summed E-state index contributed by atoms with van der Waals surface area (Å²) in [7, 11) is -3.36. The van der Waals surface area contributed by atoms with Gasteiger partial charge in [-0.1, -0.05) is 6.07 Å². The summed E-state index contributed by atoms with van der Waals surface area (Å²) in [6.07, 6.45) is 1.55. The fourth-order valence-electron chi connectivity index (χ4n) is 1.01. The third-order valence-corrected chi connectivity index (χ3v) is 2.56. The minimum absolute atomic E-state index is 0.304. The predicted octanol–water partition coefficient (Wildman–Crippen LogP) is -0.159. The number of nitrogens with one attached hydrogen (secondary N) is 2. The number of hydrogen-bond acceptors (Lipinski definition) is 3. The van der Waals surface area contributed by atoms with Crippen LogP contribution in [-0.4, -0.2) is 13.4 Å². The van der Waals surface area contributed by atoms with Crippen molar-refractivity contribution in [1.82, 2.24) is 9.71 Å². The number of aromatic nitrogens is 1. The Kier molecular flexibility index (Phi) is 1.52. The van der Waals surface area contributed by atoms with E-state index in [-0.39, 0.29) is 0 Å². The summed E-state index contributed by atoms with van der Waals surface area (Å²) < 4.78 is 26.5. The summed E-state index contributed by atoms with van der Waals surface area (Å²) in [5.41, 5.74) is 0.854. The van der Waals surface area contributed by atoms with Crippen molar-refractivity contribution >= 4 is 16.0 Å². The monoisotopic (exact) mass is 185 g/mol. The van der Waals surface area contributed by atoms with E-state index >= 15 is 0 Å². The van der Waals surface area contributed by atoms with Crippen LogP contribution in [0.25, 0.3) is 0 Å². The summed E-state index contributed by atoms with van der Waals surface area (Å²) in [5.74, 6) is 0.413. The first-order chi connectivity index (χ1) is 5.67. The van der Waals surface area contributed by atoms with Crippen LogP contribution in [0.1, 0.15) is 5.56 Å². The standard InChI is InChI=1S/C6H7N3O2S/c10-12(11)8-4-5-2-1-3-7-6(5)9-12/h1-3,8H,4H2,(H,7,9). The zero-order chi connectivity index (χ0) is 8.60. The molecule has 0 bridgehead atoms. The van der Waals surface area contributed by atoms with Gasteiger partial charge in [-0.05, 0) is 6.07 Å². The average Bonchev–Trinajstić information content (AvgIpc) is 2.02. The fourth-order valence-corrected chi connectivity index (χ4v) is 1.87. The zero-order valence-electron chi connectivity index (χ0n) is 6.11. The fraction of sp³-hybridized carbons (Fsp3) is 0.167. The number of nitrogens with zero attached hydrogens (tertiary/aromatic N) is 1. The minimum Gasteiger partial charge on any atom is -0.254 e. The number of fused-ring (bicyclic) bond motifs is 1. The highest BCUT2D eigenvalue weighted by molar-refractivity contribution is 7.90. The van der Waals surface area contributed by atoms with Crippen LogP contribution >= 0.6 is 0 Å². The van der Waals surface area contributed by atoms with Gasteiger partial charge in [0.05, 0.1) is 0 Å². The number of rotatable bonds is 0. The molecular formula is C6H7N3O2S. The topological polar surface area (TPSA) is 71.1 Å². The molecule has 1 aliphatic heterocycles. The Bertz CT molecular complexity index is 401. The quantitative estimate of drug-likeness (QED) is 0.590. The smallest absolute Gasteiger partial charge is 0.254 e. The number of hydrogen-bond donors (Lipinski definition) is 2. The van der Waals surface area contributed by atoms with Crippen LogP contribution in [0.15, 0.2) is 18.3 Å². The van der Waals surface area contributed by atoms with Crippen LogP contribution in [0, 0.1) is 0 Å². The van der Waals surface area contributed by atoms with E-state index in [0.717, 1.165) is 5.56 Å². The largest absolute Gasteiger partial charge is 0.300 e. The molecule has 0 fully saturated rings. The first kappa shape index (κ1) is 7.51. The summed E-state index contributed by atoms with van der Waals surface area (Å²) in [6.45, 7) is 0.304. The van der Waals surface area contributed by atoms with Crippen LogP contribution in [0.3, 0.4) is 0 Å². The lowest BCUT2D eigenvalue weighted by Gasteiger charge is -2.16. The van der Waals surface area contributed by atoms with Crippen molar-refractivity contribution in [3.8, 4) is 0 Å². The maximum absolute atomic E-state index is 11.0. The van der Waals surface area contributed by atoms with Gasteiger partial charge in [0.2, 0.25) is 0 Å². The van der Waals surface area contributed by atoms with Gasteiger partial charge in [0.1, 0.15) is 5.82 Å². The summed E-state index contributed by atoms with van der Waals surface area (Å²) in [6, 6.07) is 3.58. The molecule has 12 heavy (non-hydrogen) atoms. The lowest BCUT2D eigenvalue weighted by atomic mass is 10.2. The molecule has 2 rings (SSSR count). The van der Waals surface area contributed by atoms with E-state index in [0.29, 0.717) is 12.4 Å². The van der Waals surface area contributed by atoms with Gasteiger partial charge in [-0.2, -0.15) is 13.1 Å².